The van der Waals surface area contributed by atoms with Crippen molar-refractivity contribution >= 4 is 5.97 Å². The van der Waals surface area contributed by atoms with E-state index in [1.54, 1.807) is 0 Å². The van der Waals surface area contributed by atoms with Crippen molar-refractivity contribution in [2.24, 2.45) is 0 Å². The van der Waals surface area contributed by atoms with Gasteiger partial charge in [-0.3, -0.25) is 5.10 Å². The first-order valence-corrected chi connectivity index (χ1v) is 5.61. The molecular formula is C13H12N2O3. The van der Waals surface area contributed by atoms with Gasteiger partial charge in [-0.1, -0.05) is 12.1 Å². The zero-order chi connectivity index (χ0) is 12.9. The second-order valence-corrected chi connectivity index (χ2v) is 4.74. The molecule has 1 aliphatic heterocycles. The molecule has 1 aromatic carbocycles. The molecule has 3 rings (SSSR count). The number of carboxylic acids is 1. The Balaban J connectivity index is 2.33. The van der Waals surface area contributed by atoms with Gasteiger partial charge >= 0.3 is 5.97 Å². The molecule has 92 valence electrons. The summed E-state index contributed by atoms with van der Waals surface area (Å²) in [4.78, 5) is 11.2. The fourth-order valence-corrected chi connectivity index (χ4v) is 2.36. The lowest BCUT2D eigenvalue weighted by Crippen LogP contribution is -2.30. The zero-order valence-corrected chi connectivity index (χ0v) is 10.0. The Bertz CT molecular complexity index is 643. The molecule has 0 aliphatic carbocycles. The number of aromatic nitrogens is 2. The third-order valence-corrected chi connectivity index (χ3v) is 3.09. The van der Waals surface area contributed by atoms with E-state index >= 15 is 0 Å². The number of nitrogens with one attached hydrogen (secondary N) is 1. The Labute approximate surface area is 103 Å². The van der Waals surface area contributed by atoms with E-state index in [1.807, 2.05) is 38.1 Å². The molecule has 2 aromatic rings. The molecule has 5 nitrogen and oxygen atoms in total. The summed E-state index contributed by atoms with van der Waals surface area (Å²) >= 11 is 0. The molecule has 0 bridgehead atoms. The smallest absolute Gasteiger partial charge is 0.354 e. The van der Waals surface area contributed by atoms with Crippen molar-refractivity contribution in [2.45, 2.75) is 19.4 Å². The largest absolute Gasteiger partial charge is 0.482 e. The molecule has 0 saturated carbocycles. The maximum Gasteiger partial charge on any atom is 0.354 e. The van der Waals surface area contributed by atoms with Crippen LogP contribution in [0.1, 0.15) is 29.9 Å². The molecule has 0 spiro atoms. The van der Waals surface area contributed by atoms with Crippen LogP contribution in [0.2, 0.25) is 0 Å². The minimum Gasteiger partial charge on any atom is -0.482 e. The molecule has 0 atom stereocenters. The van der Waals surface area contributed by atoms with E-state index in [0.717, 1.165) is 11.3 Å². The van der Waals surface area contributed by atoms with Crippen LogP contribution in [0.25, 0.3) is 11.3 Å². The Hall–Kier alpha value is -2.30. The molecule has 5 heteroatoms. The predicted octanol–water partition coefficient (Wildman–Crippen LogP) is 2.40. The van der Waals surface area contributed by atoms with Crippen molar-refractivity contribution in [1.29, 1.82) is 0 Å². The van der Waals surface area contributed by atoms with Crippen LogP contribution in [0.15, 0.2) is 24.3 Å². The quantitative estimate of drug-likeness (QED) is 0.807. The Morgan fingerprint density at radius 2 is 2.11 bits per heavy atom. The lowest BCUT2D eigenvalue weighted by molar-refractivity contribution is 0.0665. The van der Waals surface area contributed by atoms with E-state index < -0.39 is 11.6 Å². The van der Waals surface area contributed by atoms with Gasteiger partial charge < -0.3 is 9.84 Å². The summed E-state index contributed by atoms with van der Waals surface area (Å²) in [6.45, 7) is 3.67. The lowest BCUT2D eigenvalue weighted by Gasteiger charge is -2.32. The number of aromatic amines is 1. The van der Waals surface area contributed by atoms with Crippen LogP contribution < -0.4 is 4.74 Å². The molecule has 0 radical (unpaired) electrons. The zero-order valence-electron chi connectivity index (χ0n) is 10.0. The van der Waals surface area contributed by atoms with Gasteiger partial charge in [0, 0.05) is 5.56 Å². The van der Waals surface area contributed by atoms with E-state index in [4.69, 9.17) is 4.74 Å². The average molecular weight is 244 g/mol. The van der Waals surface area contributed by atoms with Crippen molar-refractivity contribution in [1.82, 2.24) is 10.2 Å². The summed E-state index contributed by atoms with van der Waals surface area (Å²) in [5.74, 6) is -0.307. The van der Waals surface area contributed by atoms with Crippen LogP contribution >= 0.6 is 0 Å². The third-order valence-electron chi connectivity index (χ3n) is 3.09. The van der Waals surface area contributed by atoms with Gasteiger partial charge in [-0.2, -0.15) is 5.10 Å². The number of aromatic carboxylic acids is 1. The summed E-state index contributed by atoms with van der Waals surface area (Å²) in [7, 11) is 0. The normalized spacial score (nSPS) is 15.4. The second-order valence-electron chi connectivity index (χ2n) is 4.74. The third kappa shape index (κ3) is 1.33. The van der Waals surface area contributed by atoms with Crippen LogP contribution in [0.3, 0.4) is 0 Å². The first-order chi connectivity index (χ1) is 8.50. The van der Waals surface area contributed by atoms with Gasteiger partial charge in [-0.25, -0.2) is 4.79 Å². The molecule has 0 fully saturated rings. The SMILES string of the molecule is CC1(C)Oc2ccccc2-c2n[nH]c(C(=O)O)c21. The number of para-hydroxylation sites is 1. The van der Waals surface area contributed by atoms with E-state index in [1.165, 1.54) is 0 Å². The summed E-state index contributed by atoms with van der Waals surface area (Å²) in [6, 6.07) is 7.48. The Kier molecular flexibility index (Phi) is 2.02. The van der Waals surface area contributed by atoms with Gasteiger partial charge in [-0.05, 0) is 26.0 Å². The van der Waals surface area contributed by atoms with Gasteiger partial charge in [0.15, 0.2) is 5.69 Å². The second kappa shape index (κ2) is 3.35. The summed E-state index contributed by atoms with van der Waals surface area (Å²) in [6.07, 6.45) is 0. The van der Waals surface area contributed by atoms with E-state index in [9.17, 15) is 9.90 Å². The van der Waals surface area contributed by atoms with Gasteiger partial charge in [0.1, 0.15) is 17.0 Å². The van der Waals surface area contributed by atoms with Crippen molar-refractivity contribution in [3.05, 3.63) is 35.5 Å². The molecular weight excluding hydrogens is 232 g/mol. The number of nitrogens with zero attached hydrogens (tertiary/aromatic N) is 1. The monoisotopic (exact) mass is 244 g/mol. The minimum absolute atomic E-state index is 0.0875. The van der Waals surface area contributed by atoms with Gasteiger partial charge in [0.25, 0.3) is 0 Å². The molecule has 2 N–H and O–H groups in total. The number of H-pyrrole nitrogens is 1. The fourth-order valence-electron chi connectivity index (χ4n) is 2.36. The minimum atomic E-state index is -1.03. The fraction of sp³-hybridized carbons (Fsp3) is 0.231. The topological polar surface area (TPSA) is 75.2 Å². The van der Waals surface area contributed by atoms with E-state index in [0.29, 0.717) is 11.3 Å². The molecule has 0 amide bonds. The van der Waals surface area contributed by atoms with Crippen molar-refractivity contribution in [3.8, 4) is 17.0 Å². The van der Waals surface area contributed by atoms with Gasteiger partial charge in [-0.15, -0.1) is 0 Å². The van der Waals surface area contributed by atoms with Crippen molar-refractivity contribution < 1.29 is 14.6 Å². The highest BCUT2D eigenvalue weighted by Gasteiger charge is 2.38. The van der Waals surface area contributed by atoms with Crippen LogP contribution in [-0.4, -0.2) is 21.3 Å². The highest BCUT2D eigenvalue weighted by atomic mass is 16.5. The number of hydrogen-bond donors (Lipinski definition) is 2. The van der Waals surface area contributed by atoms with E-state index in [2.05, 4.69) is 10.2 Å². The number of benzene rings is 1. The first-order valence-electron chi connectivity index (χ1n) is 5.61. The van der Waals surface area contributed by atoms with Crippen LogP contribution in [-0.2, 0) is 5.60 Å². The van der Waals surface area contributed by atoms with Crippen molar-refractivity contribution in [3.63, 3.8) is 0 Å². The number of rotatable bonds is 1. The lowest BCUT2D eigenvalue weighted by atomic mass is 9.89. The summed E-state index contributed by atoms with van der Waals surface area (Å²) in [5, 5.41) is 15.9. The number of ether oxygens (including phenoxy) is 1. The number of hydrogen-bond acceptors (Lipinski definition) is 3. The Morgan fingerprint density at radius 3 is 2.83 bits per heavy atom. The molecule has 1 aliphatic rings. The van der Waals surface area contributed by atoms with Crippen molar-refractivity contribution in [2.75, 3.05) is 0 Å². The van der Waals surface area contributed by atoms with Crippen LogP contribution in [0.5, 0.6) is 5.75 Å². The maximum absolute atomic E-state index is 11.2. The number of carboxylic acid groups (broad SMARTS) is 1. The highest BCUT2D eigenvalue weighted by Crippen LogP contribution is 2.45. The molecule has 1 aromatic heterocycles. The van der Waals surface area contributed by atoms with Crippen LogP contribution in [0, 0.1) is 0 Å². The molecule has 0 saturated heterocycles. The number of carbonyl (C=O) groups is 1. The Morgan fingerprint density at radius 1 is 1.39 bits per heavy atom. The highest BCUT2D eigenvalue weighted by molar-refractivity contribution is 5.91. The standard InChI is InChI=1S/C13H12N2O3/c1-13(2)9-10(14-15-11(9)12(16)17)7-5-3-4-6-8(7)18-13/h3-6H,1-2H3,(H,14,15)(H,16,17). The van der Waals surface area contributed by atoms with Gasteiger partial charge in [0.2, 0.25) is 0 Å². The molecule has 2 heterocycles. The predicted molar refractivity (Wildman–Crippen MR) is 64.6 cm³/mol. The summed E-state index contributed by atoms with van der Waals surface area (Å²) in [5.41, 5.74) is 1.43. The molecule has 0 unspecified atom stereocenters. The first kappa shape index (κ1) is 10.8. The molecule has 18 heavy (non-hydrogen) atoms. The number of fused-ring (bicyclic) bond motifs is 3. The summed E-state index contributed by atoms with van der Waals surface area (Å²) < 4.78 is 5.87. The average Bonchev–Trinajstić information content (AvgIpc) is 2.74. The van der Waals surface area contributed by atoms with Gasteiger partial charge in [0.05, 0.1) is 5.56 Å². The van der Waals surface area contributed by atoms with Crippen LogP contribution in [0.4, 0.5) is 0 Å². The van der Waals surface area contributed by atoms with E-state index in [-0.39, 0.29) is 5.69 Å². The maximum atomic E-state index is 11.2.